The quantitative estimate of drug-likeness (QED) is 0.482. The Hall–Kier alpha value is -2.82. The minimum atomic E-state index is -0.333. The van der Waals surface area contributed by atoms with Crippen molar-refractivity contribution in [2.75, 3.05) is 13.2 Å². The van der Waals surface area contributed by atoms with E-state index in [-0.39, 0.29) is 37.3 Å². The normalized spacial score (nSPS) is 10.7. The summed E-state index contributed by atoms with van der Waals surface area (Å²) in [4.78, 5) is 23.8. The molecule has 2 rings (SSSR count). The standard InChI is InChI=1S/C25H32O5/c1-16-12-21(13-17(2)20(16)5)6-8-23(26)29-10-11-30-24(27)9-7-22-14-18(3)25(28)19(4)15-22/h12-15,28H,6-11H2,1-5H3. The van der Waals surface area contributed by atoms with Gasteiger partial charge in [-0.3, -0.25) is 9.59 Å². The van der Waals surface area contributed by atoms with Crippen molar-refractivity contribution in [3.8, 4) is 5.75 Å². The molecule has 0 saturated carbocycles. The van der Waals surface area contributed by atoms with Crippen molar-refractivity contribution in [2.24, 2.45) is 0 Å². The molecule has 0 saturated heterocycles. The van der Waals surface area contributed by atoms with E-state index in [4.69, 9.17) is 9.47 Å². The first kappa shape index (κ1) is 23.5. The van der Waals surface area contributed by atoms with Gasteiger partial charge in [-0.2, -0.15) is 0 Å². The molecule has 0 aliphatic heterocycles. The molecule has 1 N–H and O–H groups in total. The molecule has 2 aromatic carbocycles. The SMILES string of the molecule is Cc1cc(CCC(=O)OCCOC(=O)CCc2cc(C)c(O)c(C)c2)cc(C)c1C. The van der Waals surface area contributed by atoms with Gasteiger partial charge in [0.05, 0.1) is 0 Å². The van der Waals surface area contributed by atoms with Crippen LogP contribution in [0.4, 0.5) is 0 Å². The molecular weight excluding hydrogens is 380 g/mol. The number of rotatable bonds is 9. The number of esters is 2. The highest BCUT2D eigenvalue weighted by atomic mass is 16.6. The molecular formula is C25H32O5. The Kier molecular flexibility index (Phi) is 8.46. The van der Waals surface area contributed by atoms with E-state index in [2.05, 4.69) is 32.9 Å². The second-order valence-electron chi connectivity index (χ2n) is 7.87. The molecule has 30 heavy (non-hydrogen) atoms. The lowest BCUT2D eigenvalue weighted by molar-refractivity contribution is -0.152. The Bertz CT molecular complexity index is 792. The maximum atomic E-state index is 11.9. The fourth-order valence-electron chi connectivity index (χ4n) is 3.41. The Morgan fingerprint density at radius 2 is 1.07 bits per heavy atom. The van der Waals surface area contributed by atoms with Gasteiger partial charge in [-0.15, -0.1) is 0 Å². The highest BCUT2D eigenvalue weighted by molar-refractivity contribution is 5.70. The first-order valence-corrected chi connectivity index (χ1v) is 10.3. The van der Waals surface area contributed by atoms with Crippen LogP contribution in [0.3, 0.4) is 0 Å². The number of hydrogen-bond acceptors (Lipinski definition) is 5. The highest BCUT2D eigenvalue weighted by Crippen LogP contribution is 2.23. The van der Waals surface area contributed by atoms with Crippen LogP contribution >= 0.6 is 0 Å². The monoisotopic (exact) mass is 412 g/mol. The molecule has 5 heteroatoms. The van der Waals surface area contributed by atoms with Crippen molar-refractivity contribution in [3.05, 3.63) is 63.2 Å². The second-order valence-corrected chi connectivity index (χ2v) is 7.87. The van der Waals surface area contributed by atoms with Gasteiger partial charge in [-0.1, -0.05) is 24.3 Å². The summed E-state index contributed by atoms with van der Waals surface area (Å²) in [5, 5.41) is 9.80. The Labute approximate surface area is 179 Å². The van der Waals surface area contributed by atoms with Crippen LogP contribution in [0.25, 0.3) is 0 Å². The van der Waals surface area contributed by atoms with Crippen molar-refractivity contribution >= 4 is 11.9 Å². The average molecular weight is 413 g/mol. The van der Waals surface area contributed by atoms with Gasteiger partial charge in [0.25, 0.3) is 0 Å². The summed E-state index contributed by atoms with van der Waals surface area (Å²) in [6.07, 6.45) is 1.71. The second kappa shape index (κ2) is 10.8. The molecule has 0 heterocycles. The summed E-state index contributed by atoms with van der Waals surface area (Å²) < 4.78 is 10.3. The van der Waals surface area contributed by atoms with Gasteiger partial charge in [0.15, 0.2) is 0 Å². The summed E-state index contributed by atoms with van der Waals surface area (Å²) in [6, 6.07) is 7.95. The predicted octanol–water partition coefficient (Wildman–Crippen LogP) is 4.59. The van der Waals surface area contributed by atoms with Gasteiger partial charge in [0, 0.05) is 12.8 Å². The number of aromatic hydroxyl groups is 1. The summed E-state index contributed by atoms with van der Waals surface area (Å²) in [7, 11) is 0. The molecule has 0 bridgehead atoms. The highest BCUT2D eigenvalue weighted by Gasteiger charge is 2.09. The van der Waals surface area contributed by atoms with E-state index < -0.39 is 0 Å². The summed E-state index contributed by atoms with van der Waals surface area (Å²) in [6.45, 7) is 10.0. The molecule has 0 unspecified atom stereocenters. The van der Waals surface area contributed by atoms with E-state index in [1.807, 2.05) is 26.0 Å². The molecule has 0 spiro atoms. The third-order valence-corrected chi connectivity index (χ3v) is 5.38. The average Bonchev–Trinajstić information content (AvgIpc) is 2.70. The van der Waals surface area contributed by atoms with E-state index in [0.29, 0.717) is 19.3 Å². The Morgan fingerprint density at radius 1 is 0.700 bits per heavy atom. The van der Waals surface area contributed by atoms with Crippen molar-refractivity contribution in [1.29, 1.82) is 0 Å². The first-order chi connectivity index (χ1) is 14.2. The summed E-state index contributed by atoms with van der Waals surface area (Å²) in [5.74, 6) is -0.340. The topological polar surface area (TPSA) is 72.8 Å². The van der Waals surface area contributed by atoms with Crippen LogP contribution in [0, 0.1) is 34.6 Å². The molecule has 0 amide bonds. The summed E-state index contributed by atoms with van der Waals surface area (Å²) >= 11 is 0. The lowest BCUT2D eigenvalue weighted by Crippen LogP contribution is -2.14. The molecule has 0 aliphatic rings. The number of phenols is 1. The third-order valence-electron chi connectivity index (χ3n) is 5.38. The lowest BCUT2D eigenvalue weighted by Gasteiger charge is -2.10. The van der Waals surface area contributed by atoms with Crippen LogP contribution < -0.4 is 0 Å². The van der Waals surface area contributed by atoms with Gasteiger partial charge >= 0.3 is 11.9 Å². The van der Waals surface area contributed by atoms with Crippen molar-refractivity contribution in [2.45, 2.75) is 60.3 Å². The van der Waals surface area contributed by atoms with E-state index in [0.717, 1.165) is 22.3 Å². The number of benzene rings is 2. The van der Waals surface area contributed by atoms with E-state index in [1.165, 1.54) is 16.7 Å². The van der Waals surface area contributed by atoms with Crippen molar-refractivity contribution < 1.29 is 24.2 Å². The minimum Gasteiger partial charge on any atom is -0.507 e. The molecule has 5 nitrogen and oxygen atoms in total. The molecule has 162 valence electrons. The van der Waals surface area contributed by atoms with Gasteiger partial charge in [0.2, 0.25) is 0 Å². The van der Waals surface area contributed by atoms with E-state index in [9.17, 15) is 14.7 Å². The predicted molar refractivity (Wildman–Crippen MR) is 117 cm³/mol. The number of carbonyl (C=O) groups is 2. The zero-order valence-electron chi connectivity index (χ0n) is 18.6. The Morgan fingerprint density at radius 3 is 1.47 bits per heavy atom. The van der Waals surface area contributed by atoms with Crippen molar-refractivity contribution in [1.82, 2.24) is 0 Å². The number of phenolic OH excluding ortho intramolecular Hbond substituents is 1. The zero-order valence-corrected chi connectivity index (χ0v) is 18.6. The fraction of sp³-hybridized carbons (Fsp3) is 0.440. The van der Waals surface area contributed by atoms with Gasteiger partial charge < -0.3 is 14.6 Å². The van der Waals surface area contributed by atoms with E-state index >= 15 is 0 Å². The number of aryl methyl sites for hydroxylation is 6. The van der Waals surface area contributed by atoms with Crippen LogP contribution in [0.1, 0.15) is 51.8 Å². The maximum absolute atomic E-state index is 11.9. The number of carbonyl (C=O) groups excluding carboxylic acids is 2. The van der Waals surface area contributed by atoms with Crippen LogP contribution in [-0.2, 0) is 31.9 Å². The maximum Gasteiger partial charge on any atom is 0.306 e. The third kappa shape index (κ3) is 6.90. The molecule has 0 aromatic heterocycles. The largest absolute Gasteiger partial charge is 0.507 e. The molecule has 0 radical (unpaired) electrons. The fourth-order valence-corrected chi connectivity index (χ4v) is 3.41. The Balaban J connectivity index is 1.64. The van der Waals surface area contributed by atoms with Crippen LogP contribution in [0.2, 0.25) is 0 Å². The molecule has 0 atom stereocenters. The van der Waals surface area contributed by atoms with Crippen LogP contribution in [-0.4, -0.2) is 30.3 Å². The van der Waals surface area contributed by atoms with Crippen LogP contribution in [0.5, 0.6) is 5.75 Å². The molecule has 0 aliphatic carbocycles. The molecule has 2 aromatic rings. The van der Waals surface area contributed by atoms with Crippen LogP contribution in [0.15, 0.2) is 24.3 Å². The van der Waals surface area contributed by atoms with Crippen molar-refractivity contribution in [3.63, 3.8) is 0 Å². The smallest absolute Gasteiger partial charge is 0.306 e. The van der Waals surface area contributed by atoms with Gasteiger partial charge in [-0.05, 0) is 86.4 Å². The van der Waals surface area contributed by atoms with Gasteiger partial charge in [0.1, 0.15) is 19.0 Å². The zero-order chi connectivity index (χ0) is 22.3. The minimum absolute atomic E-state index is 0.0565. The van der Waals surface area contributed by atoms with E-state index in [1.54, 1.807) is 0 Å². The summed E-state index contributed by atoms with van der Waals surface area (Å²) in [5.41, 5.74) is 7.42. The number of ether oxygens (including phenoxy) is 2. The molecule has 0 fully saturated rings. The number of hydrogen-bond donors (Lipinski definition) is 1. The lowest BCUT2D eigenvalue weighted by atomic mass is 9.98. The first-order valence-electron chi connectivity index (χ1n) is 10.3. The van der Waals surface area contributed by atoms with Gasteiger partial charge in [-0.25, -0.2) is 0 Å².